The number of pyridine rings is 1. The van der Waals surface area contributed by atoms with E-state index in [1.807, 2.05) is 6.07 Å². The smallest absolute Gasteiger partial charge is 0.408 e. The first-order valence-electron chi connectivity index (χ1n) is 9.23. The van der Waals surface area contributed by atoms with Crippen molar-refractivity contribution in [1.29, 1.82) is 0 Å². The topological polar surface area (TPSA) is 95.9 Å². The minimum absolute atomic E-state index is 0.00897. The second kappa shape index (κ2) is 10.5. The molecule has 0 spiro atoms. The molecule has 0 saturated carbocycles. The molecule has 1 atom stereocenters. The number of hydrogen-bond acceptors (Lipinski definition) is 7. The van der Waals surface area contributed by atoms with E-state index < -0.39 is 36.1 Å². The van der Waals surface area contributed by atoms with E-state index in [0.717, 1.165) is 10.3 Å². The highest BCUT2D eigenvalue weighted by Crippen LogP contribution is 2.09. The number of carbonyl (C=O) groups is 3. The van der Waals surface area contributed by atoms with Gasteiger partial charge in [-0.25, -0.2) is 14.4 Å². The predicted octanol–water partition coefficient (Wildman–Crippen LogP) is 3.20. The highest BCUT2D eigenvalue weighted by atomic mass is 32.1. The lowest BCUT2D eigenvalue weighted by Crippen LogP contribution is -2.46. The third-order valence-electron chi connectivity index (χ3n) is 3.56. The van der Waals surface area contributed by atoms with Gasteiger partial charge >= 0.3 is 18.0 Å². The number of alkyl carbamates (subject to hydrolysis) is 1. The van der Waals surface area contributed by atoms with Crippen LogP contribution in [0.15, 0.2) is 54.7 Å². The number of nitrogens with zero attached hydrogens (tertiary/aromatic N) is 1. The molecule has 0 unspecified atom stereocenters. The first kappa shape index (κ1) is 23.1. The van der Waals surface area contributed by atoms with Crippen LogP contribution in [0.1, 0.15) is 32.8 Å². The maximum atomic E-state index is 12.5. The van der Waals surface area contributed by atoms with Gasteiger partial charge in [-0.3, -0.25) is 0 Å². The molecule has 0 aliphatic rings. The average Bonchev–Trinajstić information content (AvgIpc) is 2.66. The summed E-state index contributed by atoms with van der Waals surface area (Å²) in [6.07, 6.45) is 0.140. The Labute approximate surface area is 179 Å². The van der Waals surface area contributed by atoms with Crippen LogP contribution < -0.4 is 10.2 Å². The molecular weight excluding hydrogens is 408 g/mol. The van der Waals surface area contributed by atoms with Crippen LogP contribution in [0.4, 0.5) is 4.79 Å². The van der Waals surface area contributed by atoms with Crippen molar-refractivity contribution in [2.45, 2.75) is 45.4 Å². The van der Waals surface area contributed by atoms with Crippen molar-refractivity contribution in [2.24, 2.45) is 0 Å². The standard InChI is InChI=1S/C21H24N2O6S/c1-21(2,3)28-20(26)22-16(19(25)27-14-15-9-5-4-6-10-15)13-18(24)29-23-12-8-7-11-17(23)30/h4-12,16H,13-14H2,1-3H3,(H,22,26)/t16-/m0/s1. The number of hydrogen-bond donors (Lipinski definition) is 1. The molecule has 30 heavy (non-hydrogen) atoms. The average molecular weight is 432 g/mol. The van der Waals surface area contributed by atoms with Crippen LogP contribution in [0.2, 0.25) is 0 Å². The maximum Gasteiger partial charge on any atom is 0.408 e. The zero-order valence-electron chi connectivity index (χ0n) is 17.0. The van der Waals surface area contributed by atoms with Gasteiger partial charge in [0.25, 0.3) is 0 Å². The normalized spacial score (nSPS) is 11.8. The Bertz CT molecular complexity index is 936. The summed E-state index contributed by atoms with van der Waals surface area (Å²) in [5.74, 6) is -1.58. The molecule has 9 heteroatoms. The van der Waals surface area contributed by atoms with Gasteiger partial charge in [-0.05, 0) is 38.5 Å². The fourth-order valence-electron chi connectivity index (χ4n) is 2.27. The molecule has 2 aromatic rings. The molecule has 0 radical (unpaired) electrons. The fraction of sp³-hybridized carbons (Fsp3) is 0.333. The van der Waals surface area contributed by atoms with Crippen molar-refractivity contribution in [2.75, 3.05) is 0 Å². The Hall–Kier alpha value is -3.20. The molecule has 0 saturated heterocycles. The fourth-order valence-corrected chi connectivity index (χ4v) is 2.45. The zero-order valence-corrected chi connectivity index (χ0v) is 17.8. The predicted molar refractivity (Wildman–Crippen MR) is 111 cm³/mol. The van der Waals surface area contributed by atoms with Crippen LogP contribution in [0, 0.1) is 4.64 Å². The van der Waals surface area contributed by atoms with Crippen LogP contribution in [-0.4, -0.2) is 34.4 Å². The molecule has 1 heterocycles. The SMILES string of the molecule is CC(C)(C)OC(=O)N[C@@H](CC(=O)On1ccccc1=S)C(=O)OCc1ccccc1. The summed E-state index contributed by atoms with van der Waals surface area (Å²) in [7, 11) is 0. The van der Waals surface area contributed by atoms with E-state index in [1.54, 1.807) is 63.2 Å². The summed E-state index contributed by atoms with van der Waals surface area (Å²) < 4.78 is 11.8. The number of aromatic nitrogens is 1. The highest BCUT2D eigenvalue weighted by Gasteiger charge is 2.29. The number of amides is 1. The van der Waals surface area contributed by atoms with Crippen molar-refractivity contribution in [1.82, 2.24) is 10.0 Å². The summed E-state index contributed by atoms with van der Waals surface area (Å²) in [4.78, 5) is 42.1. The summed E-state index contributed by atoms with van der Waals surface area (Å²) in [5, 5.41) is 2.37. The molecule has 1 N–H and O–H groups in total. The Morgan fingerprint density at radius 2 is 1.73 bits per heavy atom. The van der Waals surface area contributed by atoms with Gasteiger partial charge < -0.3 is 19.6 Å². The monoisotopic (exact) mass is 432 g/mol. The van der Waals surface area contributed by atoms with Crippen molar-refractivity contribution < 1.29 is 28.7 Å². The van der Waals surface area contributed by atoms with E-state index in [1.165, 1.54) is 6.20 Å². The van der Waals surface area contributed by atoms with Crippen LogP contribution in [0.25, 0.3) is 0 Å². The van der Waals surface area contributed by atoms with Crippen molar-refractivity contribution in [3.63, 3.8) is 0 Å². The van der Waals surface area contributed by atoms with E-state index in [2.05, 4.69) is 5.32 Å². The number of ether oxygens (including phenoxy) is 2. The number of rotatable bonds is 7. The number of nitrogens with one attached hydrogen (secondary N) is 1. The van der Waals surface area contributed by atoms with Gasteiger partial charge in [-0.1, -0.05) is 48.6 Å². The first-order chi connectivity index (χ1) is 14.1. The van der Waals surface area contributed by atoms with Crippen molar-refractivity contribution >= 4 is 30.2 Å². The molecule has 1 aromatic heterocycles. The molecule has 0 fully saturated rings. The summed E-state index contributed by atoms with van der Waals surface area (Å²) in [6, 6.07) is 12.6. The second-order valence-electron chi connectivity index (χ2n) is 7.32. The van der Waals surface area contributed by atoms with E-state index in [-0.39, 0.29) is 11.2 Å². The second-order valence-corrected chi connectivity index (χ2v) is 7.74. The van der Waals surface area contributed by atoms with Gasteiger partial charge in [0.2, 0.25) is 0 Å². The summed E-state index contributed by atoms with van der Waals surface area (Å²) >= 11 is 5.07. The maximum absolute atomic E-state index is 12.5. The van der Waals surface area contributed by atoms with E-state index in [0.29, 0.717) is 0 Å². The van der Waals surface area contributed by atoms with Gasteiger partial charge in [-0.2, -0.15) is 4.73 Å². The largest absolute Gasteiger partial charge is 0.459 e. The molecule has 1 aromatic carbocycles. The minimum atomic E-state index is -1.30. The Balaban J connectivity index is 2.06. The quantitative estimate of drug-likeness (QED) is 0.530. The summed E-state index contributed by atoms with van der Waals surface area (Å²) in [5.41, 5.74) is -0.0137. The number of esters is 1. The molecule has 0 aliphatic carbocycles. The lowest BCUT2D eigenvalue weighted by Gasteiger charge is -2.22. The Morgan fingerprint density at radius 3 is 2.37 bits per heavy atom. The third-order valence-corrected chi connectivity index (χ3v) is 3.87. The van der Waals surface area contributed by atoms with Gasteiger partial charge in [0.1, 0.15) is 22.9 Å². The summed E-state index contributed by atoms with van der Waals surface area (Å²) in [6.45, 7) is 5.03. The van der Waals surface area contributed by atoms with Crippen molar-refractivity contribution in [3.05, 3.63) is 64.9 Å². The van der Waals surface area contributed by atoms with Gasteiger partial charge in [0.05, 0.1) is 6.42 Å². The highest BCUT2D eigenvalue weighted by molar-refractivity contribution is 7.71. The molecule has 2 rings (SSSR count). The zero-order chi connectivity index (χ0) is 22.1. The molecule has 8 nitrogen and oxygen atoms in total. The first-order valence-corrected chi connectivity index (χ1v) is 9.64. The third kappa shape index (κ3) is 8.04. The van der Waals surface area contributed by atoms with Crippen LogP contribution in [0.3, 0.4) is 0 Å². The van der Waals surface area contributed by atoms with E-state index in [9.17, 15) is 14.4 Å². The molecule has 0 bridgehead atoms. The number of carbonyl (C=O) groups excluding carboxylic acids is 3. The lowest BCUT2D eigenvalue weighted by atomic mass is 10.2. The van der Waals surface area contributed by atoms with Crippen LogP contribution in [0.5, 0.6) is 0 Å². The molecule has 0 aliphatic heterocycles. The minimum Gasteiger partial charge on any atom is -0.459 e. The van der Waals surface area contributed by atoms with Gasteiger partial charge in [0.15, 0.2) is 0 Å². The van der Waals surface area contributed by atoms with Gasteiger partial charge in [0, 0.05) is 6.20 Å². The van der Waals surface area contributed by atoms with E-state index >= 15 is 0 Å². The van der Waals surface area contributed by atoms with Crippen LogP contribution in [-0.2, 0) is 25.7 Å². The van der Waals surface area contributed by atoms with E-state index in [4.69, 9.17) is 26.5 Å². The van der Waals surface area contributed by atoms with Crippen LogP contribution >= 0.6 is 12.2 Å². The molecule has 160 valence electrons. The van der Waals surface area contributed by atoms with Crippen molar-refractivity contribution in [3.8, 4) is 0 Å². The molecule has 1 amide bonds. The lowest BCUT2D eigenvalue weighted by molar-refractivity contribution is -0.153. The number of benzene rings is 1. The Kier molecular flexibility index (Phi) is 8.11. The Morgan fingerprint density at radius 1 is 1.07 bits per heavy atom. The van der Waals surface area contributed by atoms with Gasteiger partial charge in [-0.15, -0.1) is 0 Å². The molecular formula is C21H24N2O6S.